The van der Waals surface area contributed by atoms with E-state index in [0.717, 1.165) is 18.0 Å². The zero-order chi connectivity index (χ0) is 22.9. The lowest BCUT2D eigenvalue weighted by atomic mass is 9.83. The van der Waals surface area contributed by atoms with Crippen LogP contribution in [0.2, 0.25) is 0 Å². The minimum atomic E-state index is -0.794. The van der Waals surface area contributed by atoms with Crippen molar-refractivity contribution < 1.29 is 14.3 Å². The Morgan fingerprint density at radius 2 is 1.77 bits per heavy atom. The molecular formula is C26H44N2O3. The second kappa shape index (κ2) is 12.4. The first-order chi connectivity index (χ1) is 14.8. The Bertz CT molecular complexity index is 647. The Hall–Kier alpha value is -1.59. The van der Waals surface area contributed by atoms with Gasteiger partial charge in [0.05, 0.1) is 0 Å². The van der Waals surface area contributed by atoms with E-state index >= 15 is 0 Å². The summed E-state index contributed by atoms with van der Waals surface area (Å²) in [5, 5.41) is 3.09. The van der Waals surface area contributed by atoms with Gasteiger partial charge >= 0.3 is 0 Å². The second-order valence-corrected chi connectivity index (χ2v) is 9.83. The lowest BCUT2D eigenvalue weighted by Crippen LogP contribution is -2.47. The van der Waals surface area contributed by atoms with E-state index in [1.165, 1.54) is 25.8 Å². The Morgan fingerprint density at radius 3 is 2.32 bits per heavy atom. The minimum Gasteiger partial charge on any atom is -0.492 e. The summed E-state index contributed by atoms with van der Waals surface area (Å²) in [5.41, 5.74) is -0.0178. The molecule has 1 aromatic carbocycles. The third-order valence-corrected chi connectivity index (χ3v) is 6.01. The number of piperidine rings is 1. The molecule has 1 aliphatic rings. The van der Waals surface area contributed by atoms with Crippen molar-refractivity contribution in [1.29, 1.82) is 0 Å². The third-order valence-electron chi connectivity index (χ3n) is 6.01. The molecule has 1 atom stereocenters. The van der Waals surface area contributed by atoms with Crippen molar-refractivity contribution in [3.05, 3.63) is 24.3 Å². The van der Waals surface area contributed by atoms with E-state index in [-0.39, 0.29) is 5.91 Å². The summed E-state index contributed by atoms with van der Waals surface area (Å²) in [6.45, 7) is 16.1. The fourth-order valence-corrected chi connectivity index (χ4v) is 4.70. The maximum absolute atomic E-state index is 13.3. The molecule has 1 aliphatic heterocycles. The number of hydrogen-bond donors (Lipinski definition) is 1. The Labute approximate surface area is 189 Å². The molecule has 0 saturated carbocycles. The molecule has 1 saturated heterocycles. The van der Waals surface area contributed by atoms with Gasteiger partial charge in [0.25, 0.3) is 5.91 Å². The van der Waals surface area contributed by atoms with E-state index in [2.05, 4.69) is 44.8 Å². The van der Waals surface area contributed by atoms with Crippen LogP contribution in [0.1, 0.15) is 73.6 Å². The van der Waals surface area contributed by atoms with Gasteiger partial charge in [-0.25, -0.2) is 0 Å². The van der Waals surface area contributed by atoms with Crippen LogP contribution in [0.3, 0.4) is 0 Å². The van der Waals surface area contributed by atoms with Gasteiger partial charge < -0.3 is 14.8 Å². The summed E-state index contributed by atoms with van der Waals surface area (Å²) in [6, 6.07) is 8.35. The van der Waals surface area contributed by atoms with Crippen LogP contribution in [0.4, 0.5) is 5.69 Å². The molecule has 2 rings (SSSR count). The van der Waals surface area contributed by atoms with Crippen molar-refractivity contribution in [2.24, 2.45) is 11.8 Å². The van der Waals surface area contributed by atoms with Crippen LogP contribution in [0.25, 0.3) is 0 Å². The van der Waals surface area contributed by atoms with Crippen LogP contribution in [-0.2, 0) is 9.53 Å². The predicted molar refractivity (Wildman–Crippen MR) is 129 cm³/mol. The number of carbonyl (C=O) groups excluding carboxylic acids is 1. The number of rotatable bonds is 12. The number of hydrogen-bond acceptors (Lipinski definition) is 4. The van der Waals surface area contributed by atoms with Gasteiger partial charge in [0, 0.05) is 24.9 Å². The highest BCUT2D eigenvalue weighted by molar-refractivity contribution is 5.97. The molecule has 1 amide bonds. The maximum Gasteiger partial charge on any atom is 0.256 e. The van der Waals surface area contributed by atoms with Crippen molar-refractivity contribution in [2.45, 2.75) is 85.3 Å². The number of anilines is 1. The molecule has 176 valence electrons. The molecule has 0 aliphatic carbocycles. The van der Waals surface area contributed by atoms with E-state index in [1.54, 1.807) is 0 Å². The quantitative estimate of drug-likeness (QED) is 0.457. The van der Waals surface area contributed by atoms with Gasteiger partial charge in [-0.05, 0) is 82.2 Å². The highest BCUT2D eigenvalue weighted by Gasteiger charge is 2.40. The first kappa shape index (κ1) is 25.7. The number of likely N-dealkylation sites (tertiary alicyclic amines) is 1. The molecule has 31 heavy (non-hydrogen) atoms. The molecule has 0 bridgehead atoms. The van der Waals surface area contributed by atoms with E-state index in [9.17, 15) is 4.79 Å². The smallest absolute Gasteiger partial charge is 0.256 e. The third kappa shape index (κ3) is 8.12. The maximum atomic E-state index is 13.3. The molecule has 1 N–H and O–H groups in total. The average molecular weight is 433 g/mol. The summed E-state index contributed by atoms with van der Waals surface area (Å²) in [4.78, 5) is 15.8. The van der Waals surface area contributed by atoms with Gasteiger partial charge in [-0.3, -0.25) is 9.69 Å². The van der Waals surface area contributed by atoms with Crippen LogP contribution in [-0.4, -0.2) is 48.8 Å². The van der Waals surface area contributed by atoms with Crippen molar-refractivity contribution in [1.82, 2.24) is 4.90 Å². The molecule has 0 aromatic heterocycles. The molecular weight excluding hydrogens is 388 g/mol. The first-order valence-corrected chi connectivity index (χ1v) is 12.2. The van der Waals surface area contributed by atoms with E-state index in [1.807, 2.05) is 31.2 Å². The molecule has 1 aromatic rings. The van der Waals surface area contributed by atoms with Gasteiger partial charge in [0.15, 0.2) is 0 Å². The standard InChI is InChI=1S/C26H44N2O3/c1-7-31-26(18-20(2)3,19-21(4)5)25(29)27-23-11-13-24(14-12-23)30-17-16-28-15-9-8-10-22(28)6/h11-14,20-22H,7-10,15-19H2,1-6H3,(H,27,29)/t22-/m0/s1. The normalized spacial score (nSPS) is 17.9. The zero-order valence-electron chi connectivity index (χ0n) is 20.6. The highest BCUT2D eigenvalue weighted by atomic mass is 16.5. The fourth-order valence-electron chi connectivity index (χ4n) is 4.70. The molecule has 0 unspecified atom stereocenters. The van der Waals surface area contributed by atoms with E-state index < -0.39 is 5.60 Å². The minimum absolute atomic E-state index is 0.0514. The average Bonchev–Trinajstić information content (AvgIpc) is 2.70. The van der Waals surface area contributed by atoms with E-state index in [0.29, 0.717) is 43.9 Å². The van der Waals surface area contributed by atoms with Crippen molar-refractivity contribution in [2.75, 3.05) is 31.6 Å². The summed E-state index contributed by atoms with van der Waals surface area (Å²) < 4.78 is 12.0. The van der Waals surface area contributed by atoms with Gasteiger partial charge in [0.1, 0.15) is 18.0 Å². The topological polar surface area (TPSA) is 50.8 Å². The molecule has 1 fully saturated rings. The number of carbonyl (C=O) groups is 1. The fraction of sp³-hybridized carbons (Fsp3) is 0.731. The van der Waals surface area contributed by atoms with Crippen molar-refractivity contribution in [3.63, 3.8) is 0 Å². The van der Waals surface area contributed by atoms with Crippen molar-refractivity contribution in [3.8, 4) is 5.75 Å². The van der Waals surface area contributed by atoms with Crippen LogP contribution in [0.5, 0.6) is 5.75 Å². The lowest BCUT2D eigenvalue weighted by Gasteiger charge is -2.35. The predicted octanol–water partition coefficient (Wildman–Crippen LogP) is 5.75. The van der Waals surface area contributed by atoms with Gasteiger partial charge in [-0.1, -0.05) is 34.1 Å². The summed E-state index contributed by atoms with van der Waals surface area (Å²) in [6.07, 6.45) is 5.33. The van der Waals surface area contributed by atoms with Crippen LogP contribution in [0.15, 0.2) is 24.3 Å². The first-order valence-electron chi connectivity index (χ1n) is 12.2. The highest BCUT2D eigenvalue weighted by Crippen LogP contribution is 2.31. The molecule has 0 radical (unpaired) electrons. The zero-order valence-corrected chi connectivity index (χ0v) is 20.6. The monoisotopic (exact) mass is 432 g/mol. The van der Waals surface area contributed by atoms with Gasteiger partial charge in [-0.2, -0.15) is 0 Å². The summed E-state index contributed by atoms with van der Waals surface area (Å²) >= 11 is 0. The number of amides is 1. The summed E-state index contributed by atoms with van der Waals surface area (Å²) in [7, 11) is 0. The Morgan fingerprint density at radius 1 is 1.13 bits per heavy atom. The number of nitrogens with zero attached hydrogens (tertiary/aromatic N) is 1. The lowest BCUT2D eigenvalue weighted by molar-refractivity contribution is -0.146. The van der Waals surface area contributed by atoms with E-state index in [4.69, 9.17) is 9.47 Å². The van der Waals surface area contributed by atoms with Crippen LogP contribution in [0, 0.1) is 11.8 Å². The number of nitrogens with one attached hydrogen (secondary N) is 1. The number of benzene rings is 1. The van der Waals surface area contributed by atoms with Gasteiger partial charge in [-0.15, -0.1) is 0 Å². The largest absolute Gasteiger partial charge is 0.492 e. The Kier molecular flexibility index (Phi) is 10.3. The molecule has 5 nitrogen and oxygen atoms in total. The molecule has 0 spiro atoms. The SMILES string of the molecule is CCOC(CC(C)C)(CC(C)C)C(=O)Nc1ccc(OCCN2CCCC[C@@H]2C)cc1. The molecule has 1 heterocycles. The Balaban J connectivity index is 1.95. The van der Waals surface area contributed by atoms with Crippen LogP contribution >= 0.6 is 0 Å². The van der Waals surface area contributed by atoms with Crippen LogP contribution < -0.4 is 10.1 Å². The second-order valence-electron chi connectivity index (χ2n) is 9.83. The molecule has 5 heteroatoms. The van der Waals surface area contributed by atoms with Crippen molar-refractivity contribution >= 4 is 11.6 Å². The number of ether oxygens (including phenoxy) is 2. The summed E-state index contributed by atoms with van der Waals surface area (Å²) in [5.74, 6) is 1.52. The van der Waals surface area contributed by atoms with Gasteiger partial charge in [0.2, 0.25) is 0 Å².